The fourth-order valence-electron chi connectivity index (χ4n) is 3.27. The summed E-state index contributed by atoms with van der Waals surface area (Å²) in [6, 6.07) is 12.7. The molecule has 4 rings (SSSR count). The molecule has 0 saturated heterocycles. The van der Waals surface area contributed by atoms with Crippen molar-refractivity contribution in [2.24, 2.45) is 0 Å². The highest BCUT2D eigenvalue weighted by Gasteiger charge is 2.13. The number of nitrogens with zero attached hydrogens (tertiary/aromatic N) is 1. The number of methoxy groups -OCH3 is 2. The van der Waals surface area contributed by atoms with Gasteiger partial charge in [-0.1, -0.05) is 0 Å². The lowest BCUT2D eigenvalue weighted by atomic mass is 10.2. The summed E-state index contributed by atoms with van der Waals surface area (Å²) in [5.41, 5.74) is 1.02. The van der Waals surface area contributed by atoms with Crippen molar-refractivity contribution in [1.82, 2.24) is 10.3 Å². The Morgan fingerprint density at radius 3 is 2.06 bits per heavy atom. The number of imide groups is 1. The Kier molecular flexibility index (Phi) is 7.10. The van der Waals surface area contributed by atoms with Gasteiger partial charge in [0.25, 0.3) is 0 Å². The number of nitrogens with one attached hydrogen (secondary N) is 3. The maximum Gasteiger partial charge on any atom is 0.327 e. The summed E-state index contributed by atoms with van der Waals surface area (Å²) in [6.07, 6.45) is 1.61. The van der Waals surface area contributed by atoms with E-state index < -0.39 is 23.7 Å². The van der Waals surface area contributed by atoms with Gasteiger partial charge in [-0.15, -0.1) is 0 Å². The largest absolute Gasteiger partial charge is 0.493 e. The Morgan fingerprint density at radius 2 is 1.39 bits per heavy atom. The summed E-state index contributed by atoms with van der Waals surface area (Å²) < 4.78 is 42.9. The van der Waals surface area contributed by atoms with Gasteiger partial charge in [0.15, 0.2) is 23.1 Å². The molecule has 3 aromatic carbocycles. The van der Waals surface area contributed by atoms with Crippen LogP contribution in [-0.4, -0.2) is 31.3 Å². The molecule has 0 bridgehead atoms. The average Bonchev–Trinajstić information content (AvgIpc) is 2.86. The zero-order valence-corrected chi connectivity index (χ0v) is 19.1. The van der Waals surface area contributed by atoms with Gasteiger partial charge in [-0.3, -0.25) is 10.3 Å². The predicted molar refractivity (Wildman–Crippen MR) is 129 cm³/mol. The van der Waals surface area contributed by atoms with Crippen molar-refractivity contribution in [1.29, 1.82) is 0 Å². The van der Waals surface area contributed by atoms with E-state index in [4.69, 9.17) is 14.2 Å². The van der Waals surface area contributed by atoms with E-state index in [-0.39, 0.29) is 5.69 Å². The van der Waals surface area contributed by atoms with Crippen LogP contribution < -0.4 is 30.2 Å². The predicted octanol–water partition coefficient (Wildman–Crippen LogP) is 5.68. The second-order valence-corrected chi connectivity index (χ2v) is 7.32. The van der Waals surface area contributed by atoms with Gasteiger partial charge in [-0.2, -0.15) is 0 Å². The Bertz CT molecular complexity index is 1430. The average molecular weight is 494 g/mol. The number of anilines is 2. The molecule has 0 aliphatic heterocycles. The summed E-state index contributed by atoms with van der Waals surface area (Å²) in [5, 5.41) is 7.46. The van der Waals surface area contributed by atoms with E-state index in [2.05, 4.69) is 15.6 Å². The zero-order valence-electron chi connectivity index (χ0n) is 19.1. The first kappa shape index (κ1) is 24.2. The van der Waals surface area contributed by atoms with Gasteiger partial charge in [0.1, 0.15) is 11.5 Å². The van der Waals surface area contributed by atoms with Gasteiger partial charge < -0.3 is 24.8 Å². The van der Waals surface area contributed by atoms with E-state index in [1.165, 1.54) is 7.11 Å². The van der Waals surface area contributed by atoms with Crippen molar-refractivity contribution in [3.8, 4) is 23.0 Å². The first-order valence-corrected chi connectivity index (χ1v) is 10.5. The van der Waals surface area contributed by atoms with Gasteiger partial charge in [-0.25, -0.2) is 18.4 Å². The molecule has 0 spiro atoms. The van der Waals surface area contributed by atoms with Crippen molar-refractivity contribution < 1.29 is 32.6 Å². The van der Waals surface area contributed by atoms with Crippen LogP contribution in [0.2, 0.25) is 0 Å². The van der Waals surface area contributed by atoms with Crippen LogP contribution in [0.3, 0.4) is 0 Å². The van der Waals surface area contributed by atoms with Crippen LogP contribution in [-0.2, 0) is 0 Å². The molecule has 4 amide bonds. The van der Waals surface area contributed by atoms with Gasteiger partial charge >= 0.3 is 12.1 Å². The molecule has 0 fully saturated rings. The third kappa shape index (κ3) is 5.58. The van der Waals surface area contributed by atoms with Crippen molar-refractivity contribution in [3.05, 3.63) is 78.5 Å². The van der Waals surface area contributed by atoms with Crippen LogP contribution in [0.4, 0.5) is 29.7 Å². The summed E-state index contributed by atoms with van der Waals surface area (Å²) in [5.74, 6) is -0.0853. The minimum absolute atomic E-state index is 0.0135. The van der Waals surface area contributed by atoms with Gasteiger partial charge in [0, 0.05) is 35.1 Å². The number of carbonyl (C=O) groups is 2. The summed E-state index contributed by atoms with van der Waals surface area (Å²) in [6.45, 7) is 0. The van der Waals surface area contributed by atoms with E-state index in [1.54, 1.807) is 55.8 Å². The summed E-state index contributed by atoms with van der Waals surface area (Å²) in [7, 11) is 3.08. The summed E-state index contributed by atoms with van der Waals surface area (Å²) >= 11 is 0. The zero-order chi connectivity index (χ0) is 25.7. The fraction of sp³-hybridized carbons (Fsp3) is 0.0800. The van der Waals surface area contributed by atoms with Crippen molar-refractivity contribution in [2.45, 2.75) is 0 Å². The Hall–Kier alpha value is -4.93. The Labute approximate surface area is 204 Å². The molecule has 1 heterocycles. The number of urea groups is 2. The molecule has 36 heavy (non-hydrogen) atoms. The maximum atomic E-state index is 13.2. The number of ether oxygens (including phenoxy) is 3. The number of rotatable bonds is 6. The monoisotopic (exact) mass is 494 g/mol. The third-order valence-electron chi connectivity index (χ3n) is 4.95. The quantitative estimate of drug-likeness (QED) is 0.318. The molecule has 1 aromatic heterocycles. The van der Waals surface area contributed by atoms with Gasteiger partial charge in [0.2, 0.25) is 0 Å². The van der Waals surface area contributed by atoms with Crippen LogP contribution >= 0.6 is 0 Å². The molecule has 0 unspecified atom stereocenters. The van der Waals surface area contributed by atoms with E-state index in [0.717, 1.165) is 18.2 Å². The molecule has 184 valence electrons. The molecule has 0 saturated carbocycles. The Morgan fingerprint density at radius 1 is 0.750 bits per heavy atom. The second-order valence-electron chi connectivity index (χ2n) is 7.32. The lowest BCUT2D eigenvalue weighted by Gasteiger charge is -2.13. The van der Waals surface area contributed by atoms with Crippen molar-refractivity contribution >= 4 is 34.3 Å². The number of hydrogen-bond donors (Lipinski definition) is 3. The van der Waals surface area contributed by atoms with Crippen molar-refractivity contribution in [2.75, 3.05) is 24.9 Å². The highest BCUT2D eigenvalue weighted by Crippen LogP contribution is 2.37. The van der Waals surface area contributed by atoms with Gasteiger partial charge in [0.05, 0.1) is 19.7 Å². The first-order chi connectivity index (χ1) is 17.4. The molecule has 0 radical (unpaired) electrons. The number of halogens is 2. The highest BCUT2D eigenvalue weighted by atomic mass is 19.2. The van der Waals surface area contributed by atoms with Crippen LogP contribution in [0.15, 0.2) is 66.9 Å². The van der Waals surface area contributed by atoms with Crippen molar-refractivity contribution in [3.63, 3.8) is 0 Å². The molecule has 3 N–H and O–H groups in total. The SMILES string of the molecule is COc1cc2nccc(Oc3ccc(NC(=O)NC(=O)Nc4ccc(F)c(F)c4)cc3)c2cc1OC. The number of hydrogen-bond acceptors (Lipinski definition) is 6. The van der Waals surface area contributed by atoms with E-state index in [0.29, 0.717) is 39.6 Å². The molecule has 9 nitrogen and oxygen atoms in total. The maximum absolute atomic E-state index is 13.2. The normalized spacial score (nSPS) is 10.4. The number of pyridine rings is 1. The van der Waals surface area contributed by atoms with E-state index in [9.17, 15) is 18.4 Å². The van der Waals surface area contributed by atoms with Crippen LogP contribution in [0, 0.1) is 11.6 Å². The van der Waals surface area contributed by atoms with E-state index in [1.807, 2.05) is 5.32 Å². The van der Waals surface area contributed by atoms with Crippen LogP contribution in [0.1, 0.15) is 0 Å². The smallest absolute Gasteiger partial charge is 0.327 e. The first-order valence-electron chi connectivity index (χ1n) is 10.5. The number of fused-ring (bicyclic) bond motifs is 1. The second kappa shape index (κ2) is 10.6. The number of benzene rings is 3. The molecule has 11 heteroatoms. The lowest BCUT2D eigenvalue weighted by Crippen LogP contribution is -2.37. The third-order valence-corrected chi connectivity index (χ3v) is 4.95. The molecule has 4 aromatic rings. The summed E-state index contributed by atoms with van der Waals surface area (Å²) in [4.78, 5) is 28.3. The number of amides is 4. The molecule has 0 aliphatic rings. The number of aromatic nitrogens is 1. The highest BCUT2D eigenvalue weighted by molar-refractivity contribution is 6.05. The molecule has 0 atom stereocenters. The number of carbonyl (C=O) groups excluding carboxylic acids is 2. The minimum Gasteiger partial charge on any atom is -0.493 e. The Balaban J connectivity index is 1.39. The topological polar surface area (TPSA) is 111 Å². The van der Waals surface area contributed by atoms with Gasteiger partial charge in [-0.05, 0) is 48.5 Å². The van der Waals surface area contributed by atoms with Crippen LogP contribution in [0.5, 0.6) is 23.0 Å². The molecular formula is C25H20F2N4O5. The molecular weight excluding hydrogens is 474 g/mol. The standard InChI is InChI=1S/C25H20F2N4O5/c1-34-22-12-17-20(13-23(22)35-2)28-10-9-21(17)36-16-6-3-14(4-7-16)29-24(32)31-25(33)30-15-5-8-18(26)19(27)11-15/h3-13H,1-2H3,(H3,29,30,31,32,33). The van der Waals surface area contributed by atoms with Crippen LogP contribution in [0.25, 0.3) is 10.9 Å². The lowest BCUT2D eigenvalue weighted by molar-refractivity contribution is 0.240. The molecule has 0 aliphatic carbocycles. The minimum atomic E-state index is -1.13. The van der Waals surface area contributed by atoms with E-state index >= 15 is 0 Å². The fourth-order valence-corrected chi connectivity index (χ4v) is 3.27.